The fourth-order valence-corrected chi connectivity index (χ4v) is 3.07. The zero-order valence-electron chi connectivity index (χ0n) is 10.9. The Bertz CT molecular complexity index is 761. The lowest BCUT2D eigenvalue weighted by atomic mass is 9.95. The number of halogens is 1. The summed E-state index contributed by atoms with van der Waals surface area (Å²) in [5, 5.41) is 1.29. The Morgan fingerprint density at radius 1 is 1.42 bits per heavy atom. The van der Waals surface area contributed by atoms with Gasteiger partial charge in [0.25, 0.3) is 0 Å². The quantitative estimate of drug-likeness (QED) is 0.749. The van der Waals surface area contributed by atoms with E-state index in [1.807, 2.05) is 4.57 Å². The Kier molecular flexibility index (Phi) is 2.75. The van der Waals surface area contributed by atoms with E-state index in [0.29, 0.717) is 10.4 Å². The van der Waals surface area contributed by atoms with Gasteiger partial charge < -0.3 is 4.57 Å². The average molecular weight is 276 g/mol. The number of hydrogen-bond acceptors (Lipinski definition) is 2. The largest absolute Gasteiger partial charge is 0.343 e. The summed E-state index contributed by atoms with van der Waals surface area (Å²) in [7, 11) is 0. The van der Waals surface area contributed by atoms with Crippen molar-refractivity contribution in [3.05, 3.63) is 44.7 Å². The van der Waals surface area contributed by atoms with Crippen molar-refractivity contribution in [2.45, 2.75) is 32.7 Å². The normalized spacial score (nSPS) is 17.7. The van der Waals surface area contributed by atoms with E-state index in [1.54, 1.807) is 18.3 Å². The number of Topliss-reactive ketones (excluding diaryl/α,β-unsaturated/α-hetero) is 1. The van der Waals surface area contributed by atoms with E-state index in [1.165, 1.54) is 6.92 Å². The van der Waals surface area contributed by atoms with Gasteiger partial charge in [-0.15, -0.1) is 0 Å². The van der Waals surface area contributed by atoms with Gasteiger partial charge in [0.1, 0.15) is 0 Å². The minimum absolute atomic E-state index is 0.189. The predicted molar refractivity (Wildman–Crippen MR) is 76.3 cm³/mol. The van der Waals surface area contributed by atoms with Gasteiger partial charge in [-0.2, -0.15) is 0 Å². The first-order chi connectivity index (χ1) is 9.00. The van der Waals surface area contributed by atoms with Crippen LogP contribution in [0.2, 0.25) is 5.02 Å². The fraction of sp³-hybridized carbons (Fsp3) is 0.333. The van der Waals surface area contributed by atoms with Crippen molar-refractivity contribution in [1.29, 1.82) is 0 Å². The summed E-state index contributed by atoms with van der Waals surface area (Å²) in [6.07, 6.45) is 3.53. The summed E-state index contributed by atoms with van der Waals surface area (Å²) in [5.41, 5.74) is 1.98. The van der Waals surface area contributed by atoms with Gasteiger partial charge in [0.05, 0.1) is 11.1 Å². The van der Waals surface area contributed by atoms with Gasteiger partial charge in [0, 0.05) is 22.6 Å². The van der Waals surface area contributed by atoms with Crippen LogP contribution in [0.15, 0.2) is 23.1 Å². The van der Waals surface area contributed by atoms with Crippen LogP contribution >= 0.6 is 11.6 Å². The molecule has 0 bridgehead atoms. The van der Waals surface area contributed by atoms with Gasteiger partial charge in [0.2, 0.25) is 0 Å². The highest BCUT2D eigenvalue weighted by atomic mass is 35.5. The maximum atomic E-state index is 12.4. The average Bonchev–Trinajstić information content (AvgIpc) is 2.37. The van der Waals surface area contributed by atoms with Gasteiger partial charge in [-0.1, -0.05) is 11.6 Å². The van der Waals surface area contributed by atoms with Gasteiger partial charge in [0.15, 0.2) is 11.2 Å². The molecule has 0 aliphatic carbocycles. The molecule has 3 rings (SSSR count). The third-order valence-electron chi connectivity index (χ3n) is 3.91. The summed E-state index contributed by atoms with van der Waals surface area (Å²) in [4.78, 5) is 24.0. The third kappa shape index (κ3) is 1.72. The molecule has 2 heterocycles. The smallest absolute Gasteiger partial charge is 0.200 e. The van der Waals surface area contributed by atoms with Crippen molar-refractivity contribution in [1.82, 2.24) is 4.57 Å². The Morgan fingerprint density at radius 2 is 2.16 bits per heavy atom. The molecule has 0 amide bonds. The van der Waals surface area contributed by atoms with Crippen LogP contribution in [-0.2, 0) is 6.42 Å². The van der Waals surface area contributed by atoms with Crippen LogP contribution < -0.4 is 5.43 Å². The van der Waals surface area contributed by atoms with E-state index < -0.39 is 0 Å². The minimum atomic E-state index is -0.190. The molecular weight excluding hydrogens is 262 g/mol. The first kappa shape index (κ1) is 12.4. The molecular formula is C15H14ClNO2. The van der Waals surface area contributed by atoms with Gasteiger partial charge in [-0.05, 0) is 44.4 Å². The summed E-state index contributed by atoms with van der Waals surface area (Å²) in [5.74, 6) is -0.190. The predicted octanol–water partition coefficient (Wildman–Crippen LogP) is 3.36. The molecule has 3 nitrogen and oxygen atoms in total. The van der Waals surface area contributed by atoms with Crippen LogP contribution in [0.5, 0.6) is 0 Å². The molecule has 19 heavy (non-hydrogen) atoms. The summed E-state index contributed by atoms with van der Waals surface area (Å²) in [6, 6.07) is 3.75. The Hall–Kier alpha value is -1.61. The van der Waals surface area contributed by atoms with Crippen molar-refractivity contribution < 1.29 is 4.79 Å². The molecule has 1 atom stereocenters. The summed E-state index contributed by atoms with van der Waals surface area (Å²) < 4.78 is 2.03. The maximum absolute atomic E-state index is 12.4. The van der Waals surface area contributed by atoms with E-state index >= 15 is 0 Å². The molecule has 0 saturated heterocycles. The van der Waals surface area contributed by atoms with E-state index in [2.05, 4.69) is 6.92 Å². The molecule has 1 aliphatic heterocycles. The highest BCUT2D eigenvalue weighted by Gasteiger charge is 2.22. The highest BCUT2D eigenvalue weighted by molar-refractivity contribution is 6.32. The first-order valence-corrected chi connectivity index (χ1v) is 6.75. The maximum Gasteiger partial charge on any atom is 0.200 e. The van der Waals surface area contributed by atoms with Crippen molar-refractivity contribution in [2.24, 2.45) is 0 Å². The Balaban J connectivity index is 2.54. The molecule has 2 aromatic rings. The second-order valence-electron chi connectivity index (χ2n) is 5.15. The second-order valence-corrected chi connectivity index (χ2v) is 5.55. The zero-order chi connectivity index (χ0) is 13.7. The first-order valence-electron chi connectivity index (χ1n) is 6.38. The third-order valence-corrected chi connectivity index (χ3v) is 4.26. The number of benzene rings is 1. The zero-order valence-corrected chi connectivity index (χ0v) is 11.6. The molecule has 1 aromatic heterocycles. The molecule has 1 unspecified atom stereocenters. The number of aryl methyl sites for hydroxylation is 1. The lowest BCUT2D eigenvalue weighted by Crippen LogP contribution is -2.23. The molecule has 1 aromatic carbocycles. The van der Waals surface area contributed by atoms with Gasteiger partial charge in [-0.25, -0.2) is 0 Å². The Morgan fingerprint density at radius 3 is 2.84 bits per heavy atom. The van der Waals surface area contributed by atoms with Crippen LogP contribution in [0.4, 0.5) is 0 Å². The number of carbonyl (C=O) groups is 1. The van der Waals surface area contributed by atoms with Crippen LogP contribution in [0.25, 0.3) is 10.9 Å². The number of rotatable bonds is 1. The topological polar surface area (TPSA) is 39.1 Å². The number of nitrogens with zero attached hydrogens (tertiary/aromatic N) is 1. The highest BCUT2D eigenvalue weighted by Crippen LogP contribution is 2.34. The lowest BCUT2D eigenvalue weighted by Gasteiger charge is -2.27. The van der Waals surface area contributed by atoms with Gasteiger partial charge >= 0.3 is 0 Å². The monoisotopic (exact) mass is 275 g/mol. The molecule has 0 spiro atoms. The molecule has 4 heteroatoms. The van der Waals surface area contributed by atoms with Crippen molar-refractivity contribution in [3.8, 4) is 0 Å². The SMILES string of the molecule is CC(=O)c1cn2c3c(c(Cl)ccc3c1=O)CCC2C. The fourth-order valence-electron chi connectivity index (χ4n) is 2.83. The standard InChI is InChI=1S/C15H14ClNO2/c1-8-3-4-10-13(16)6-5-11-14(10)17(8)7-12(9(2)18)15(11)19/h5-8H,3-4H2,1-2H3. The van der Waals surface area contributed by atoms with Crippen LogP contribution in [-0.4, -0.2) is 10.4 Å². The number of ketones is 1. The summed E-state index contributed by atoms with van der Waals surface area (Å²) in [6.45, 7) is 3.53. The second kappa shape index (κ2) is 4.20. The number of aromatic nitrogens is 1. The van der Waals surface area contributed by atoms with E-state index in [-0.39, 0.29) is 22.8 Å². The molecule has 0 saturated carbocycles. The van der Waals surface area contributed by atoms with Gasteiger partial charge in [-0.3, -0.25) is 9.59 Å². The van der Waals surface area contributed by atoms with Crippen molar-refractivity contribution >= 4 is 28.3 Å². The Labute approximate surface area is 115 Å². The lowest BCUT2D eigenvalue weighted by molar-refractivity contribution is 0.101. The molecule has 98 valence electrons. The van der Waals surface area contributed by atoms with Crippen LogP contribution in [0, 0.1) is 0 Å². The molecule has 0 fully saturated rings. The van der Waals surface area contributed by atoms with Crippen LogP contribution in [0.1, 0.15) is 42.2 Å². The van der Waals surface area contributed by atoms with Crippen molar-refractivity contribution in [2.75, 3.05) is 0 Å². The van der Waals surface area contributed by atoms with E-state index in [9.17, 15) is 9.59 Å². The molecule has 1 aliphatic rings. The number of carbonyl (C=O) groups excluding carboxylic acids is 1. The van der Waals surface area contributed by atoms with Crippen LogP contribution in [0.3, 0.4) is 0 Å². The van der Waals surface area contributed by atoms with E-state index in [0.717, 1.165) is 23.9 Å². The molecule has 0 N–H and O–H groups in total. The number of pyridine rings is 1. The summed E-state index contributed by atoms with van der Waals surface area (Å²) >= 11 is 6.23. The number of hydrogen-bond donors (Lipinski definition) is 0. The van der Waals surface area contributed by atoms with E-state index in [4.69, 9.17) is 11.6 Å². The van der Waals surface area contributed by atoms with Crippen molar-refractivity contribution in [3.63, 3.8) is 0 Å². The minimum Gasteiger partial charge on any atom is -0.343 e. The molecule has 0 radical (unpaired) electrons.